The van der Waals surface area contributed by atoms with E-state index >= 15 is 0 Å². The molecule has 0 unspecified atom stereocenters. The third-order valence-corrected chi connectivity index (χ3v) is 6.49. The van der Waals surface area contributed by atoms with Gasteiger partial charge in [-0.2, -0.15) is 0 Å². The highest BCUT2D eigenvalue weighted by atomic mass is 35.5. The number of carbonyl (C=O) groups is 1. The first kappa shape index (κ1) is 21.5. The lowest BCUT2D eigenvalue weighted by molar-refractivity contribution is -0.114. The summed E-state index contributed by atoms with van der Waals surface area (Å²) in [6.45, 7) is 3.18. The van der Waals surface area contributed by atoms with Gasteiger partial charge in [0, 0.05) is 5.75 Å². The van der Waals surface area contributed by atoms with Crippen LogP contribution >= 0.6 is 34.7 Å². The minimum Gasteiger partial charge on any atom is -0.495 e. The van der Waals surface area contributed by atoms with Crippen molar-refractivity contribution >= 4 is 61.4 Å². The number of aromatic nitrogens is 2. The van der Waals surface area contributed by atoms with Gasteiger partial charge in [0.2, 0.25) is 21.1 Å². The molecule has 0 spiro atoms. The van der Waals surface area contributed by atoms with Gasteiger partial charge in [0.1, 0.15) is 12.3 Å². The number of benzene rings is 1. The fourth-order valence-electron chi connectivity index (χ4n) is 1.95. The Kier molecular flexibility index (Phi) is 7.48. The molecule has 146 valence electrons. The fraction of sp³-hybridized carbons (Fsp3) is 0.267. The molecule has 1 aromatic heterocycles. The molecule has 1 heterocycles. The van der Waals surface area contributed by atoms with E-state index in [1.807, 2.05) is 0 Å². The largest absolute Gasteiger partial charge is 0.495 e. The van der Waals surface area contributed by atoms with Gasteiger partial charge in [-0.25, -0.2) is 8.42 Å². The number of anilines is 2. The number of hydrogen-bond acceptors (Lipinski definition) is 8. The third-order valence-electron chi connectivity index (χ3n) is 3.09. The summed E-state index contributed by atoms with van der Waals surface area (Å²) < 4.78 is 31.0. The molecule has 27 heavy (non-hydrogen) atoms. The smallest absolute Gasteiger partial charge is 0.246 e. The zero-order chi connectivity index (χ0) is 20.0. The summed E-state index contributed by atoms with van der Waals surface area (Å²) in [5.41, 5.74) is 0.248. The summed E-state index contributed by atoms with van der Waals surface area (Å²) in [5, 5.41) is 10.9. The van der Waals surface area contributed by atoms with E-state index in [9.17, 15) is 13.2 Å². The maximum absolute atomic E-state index is 12.3. The molecule has 12 heteroatoms. The van der Waals surface area contributed by atoms with Gasteiger partial charge in [0.25, 0.3) is 0 Å². The number of ether oxygens (including phenoxy) is 1. The quantitative estimate of drug-likeness (QED) is 0.357. The molecule has 8 nitrogen and oxygen atoms in total. The van der Waals surface area contributed by atoms with E-state index in [1.54, 1.807) is 6.08 Å². The molecule has 0 aliphatic carbocycles. The highest BCUT2D eigenvalue weighted by Crippen LogP contribution is 2.30. The predicted molar refractivity (Wildman–Crippen MR) is 110 cm³/mol. The average Bonchev–Trinajstić information content (AvgIpc) is 3.04. The van der Waals surface area contributed by atoms with Gasteiger partial charge in [-0.15, -0.1) is 16.8 Å². The Bertz CT molecular complexity index is 933. The molecule has 0 aliphatic rings. The van der Waals surface area contributed by atoms with Gasteiger partial charge in [-0.05, 0) is 18.2 Å². The van der Waals surface area contributed by atoms with E-state index in [2.05, 4.69) is 22.1 Å². The van der Waals surface area contributed by atoms with E-state index in [1.165, 1.54) is 48.4 Å². The highest BCUT2D eigenvalue weighted by Gasteiger charge is 2.22. The van der Waals surface area contributed by atoms with Gasteiger partial charge in [-0.3, -0.25) is 14.4 Å². The Labute approximate surface area is 170 Å². The molecule has 1 aromatic carbocycles. The molecule has 1 N–H and O–H groups in total. The number of hydrogen-bond donors (Lipinski definition) is 1. The number of nitrogens with one attached hydrogen (secondary N) is 1. The van der Waals surface area contributed by atoms with E-state index in [0.29, 0.717) is 15.8 Å². The topological polar surface area (TPSA) is 101 Å². The van der Waals surface area contributed by atoms with Crippen LogP contribution in [0.25, 0.3) is 0 Å². The van der Waals surface area contributed by atoms with Crippen molar-refractivity contribution in [2.45, 2.75) is 4.34 Å². The minimum absolute atomic E-state index is 0.233. The maximum Gasteiger partial charge on any atom is 0.246 e. The second-order valence-electron chi connectivity index (χ2n) is 5.11. The molecule has 0 saturated heterocycles. The zero-order valence-electron chi connectivity index (χ0n) is 14.5. The summed E-state index contributed by atoms with van der Waals surface area (Å²) in [4.78, 5) is 12.3. The number of sulfonamides is 1. The van der Waals surface area contributed by atoms with Gasteiger partial charge in [-0.1, -0.05) is 40.8 Å². The van der Waals surface area contributed by atoms with E-state index in [4.69, 9.17) is 16.3 Å². The van der Waals surface area contributed by atoms with Crippen LogP contribution in [0.2, 0.25) is 5.02 Å². The number of amides is 1. The standard InChI is InChI=1S/C15H17ClN4O4S3/c1-4-7-25-15-19-18-14(26-15)17-13(21)9-20(27(3,22)23)10-5-6-12(24-2)11(16)8-10/h4-6,8H,1,7,9H2,2-3H3,(H,17,18,21). The summed E-state index contributed by atoms with van der Waals surface area (Å²) in [5.74, 6) is 0.517. The molecule has 0 fully saturated rings. The van der Waals surface area contributed by atoms with Crippen molar-refractivity contribution in [2.75, 3.05) is 35.3 Å². The molecule has 0 aliphatic heterocycles. The Hall–Kier alpha value is -1.82. The van der Waals surface area contributed by atoms with Crippen LogP contribution in [-0.2, 0) is 14.8 Å². The Morgan fingerprint density at radius 2 is 2.22 bits per heavy atom. The fourth-order valence-corrected chi connectivity index (χ4v) is 4.58. The molecular formula is C15H17ClN4O4S3. The van der Waals surface area contributed by atoms with Crippen LogP contribution in [0.1, 0.15) is 0 Å². The van der Waals surface area contributed by atoms with Crippen LogP contribution in [0, 0.1) is 0 Å². The summed E-state index contributed by atoms with van der Waals surface area (Å²) >= 11 is 8.69. The summed E-state index contributed by atoms with van der Waals surface area (Å²) in [6, 6.07) is 4.46. The first-order valence-electron chi connectivity index (χ1n) is 7.43. The molecule has 0 saturated carbocycles. The zero-order valence-corrected chi connectivity index (χ0v) is 17.7. The molecule has 0 bridgehead atoms. The summed E-state index contributed by atoms with van der Waals surface area (Å²) in [7, 11) is -2.27. The van der Waals surface area contributed by atoms with E-state index in [-0.39, 0.29) is 15.8 Å². The number of thioether (sulfide) groups is 1. The first-order valence-corrected chi connectivity index (χ1v) is 11.5. The Morgan fingerprint density at radius 3 is 2.81 bits per heavy atom. The highest BCUT2D eigenvalue weighted by molar-refractivity contribution is 8.01. The van der Waals surface area contributed by atoms with Gasteiger partial charge in [0.05, 0.1) is 24.1 Å². The van der Waals surface area contributed by atoms with Crippen molar-refractivity contribution in [1.82, 2.24) is 10.2 Å². The van der Waals surface area contributed by atoms with Crippen molar-refractivity contribution in [3.8, 4) is 5.75 Å². The molecule has 1 amide bonds. The normalized spacial score (nSPS) is 11.1. The third kappa shape index (κ3) is 6.09. The van der Waals surface area contributed by atoms with Gasteiger partial charge < -0.3 is 4.74 Å². The van der Waals surface area contributed by atoms with Crippen molar-refractivity contribution < 1.29 is 17.9 Å². The molecule has 2 rings (SSSR count). The number of carbonyl (C=O) groups excluding carboxylic acids is 1. The van der Waals surface area contributed by atoms with E-state index in [0.717, 1.165) is 10.6 Å². The molecule has 2 aromatic rings. The van der Waals surface area contributed by atoms with Crippen LogP contribution in [0.15, 0.2) is 35.2 Å². The van der Waals surface area contributed by atoms with Crippen molar-refractivity contribution in [3.63, 3.8) is 0 Å². The minimum atomic E-state index is -3.72. The predicted octanol–water partition coefficient (Wildman–Crippen LogP) is 2.88. The Balaban J connectivity index is 2.14. The number of methoxy groups -OCH3 is 1. The maximum atomic E-state index is 12.3. The lowest BCUT2D eigenvalue weighted by atomic mass is 10.3. The molecule has 0 radical (unpaired) electrons. The molecular weight excluding hydrogens is 432 g/mol. The van der Waals surface area contributed by atoms with Crippen molar-refractivity contribution in [1.29, 1.82) is 0 Å². The number of halogens is 1. The first-order chi connectivity index (χ1) is 12.7. The van der Waals surface area contributed by atoms with Crippen molar-refractivity contribution in [3.05, 3.63) is 35.9 Å². The van der Waals surface area contributed by atoms with Gasteiger partial charge in [0.15, 0.2) is 4.34 Å². The van der Waals surface area contributed by atoms with Crippen LogP contribution in [0.4, 0.5) is 10.8 Å². The lowest BCUT2D eigenvalue weighted by Gasteiger charge is -2.22. The average molecular weight is 449 g/mol. The summed E-state index contributed by atoms with van der Waals surface area (Å²) in [6.07, 6.45) is 2.74. The number of nitrogens with zero attached hydrogens (tertiary/aromatic N) is 3. The number of rotatable bonds is 9. The van der Waals surface area contributed by atoms with E-state index < -0.39 is 22.5 Å². The monoisotopic (exact) mass is 448 g/mol. The second kappa shape index (κ2) is 9.40. The SMILES string of the molecule is C=CCSc1nnc(NC(=O)CN(c2ccc(OC)c(Cl)c2)S(C)(=O)=O)s1. The van der Waals surface area contributed by atoms with Crippen LogP contribution in [-0.4, -0.2) is 50.2 Å². The van der Waals surface area contributed by atoms with Gasteiger partial charge >= 0.3 is 0 Å². The van der Waals surface area contributed by atoms with Crippen molar-refractivity contribution in [2.24, 2.45) is 0 Å². The van der Waals surface area contributed by atoms with Crippen LogP contribution in [0.3, 0.4) is 0 Å². The van der Waals surface area contributed by atoms with Crippen LogP contribution in [0.5, 0.6) is 5.75 Å². The Morgan fingerprint density at radius 1 is 1.48 bits per heavy atom. The van der Waals surface area contributed by atoms with Crippen LogP contribution < -0.4 is 14.4 Å². The molecule has 0 atom stereocenters. The second-order valence-corrected chi connectivity index (χ2v) is 9.67. The lowest BCUT2D eigenvalue weighted by Crippen LogP contribution is -2.37.